The topological polar surface area (TPSA) is 59.5 Å². The summed E-state index contributed by atoms with van der Waals surface area (Å²) in [7, 11) is 1.47. The van der Waals surface area contributed by atoms with E-state index in [9.17, 15) is 4.39 Å². The number of fused-ring (bicyclic) bond motifs is 1. The minimum Gasteiger partial charge on any atom is -0.494 e. The average Bonchev–Trinajstić information content (AvgIpc) is 2.73. The predicted molar refractivity (Wildman–Crippen MR) is 103 cm³/mol. The zero-order chi connectivity index (χ0) is 18.7. The number of nitrogens with zero attached hydrogens (tertiary/aromatic N) is 3. The first kappa shape index (κ1) is 18.4. The van der Waals surface area contributed by atoms with Gasteiger partial charge >= 0.3 is 0 Å². The first-order valence-electron chi connectivity index (χ1n) is 9.77. The van der Waals surface area contributed by atoms with Gasteiger partial charge in [0.1, 0.15) is 12.1 Å². The quantitative estimate of drug-likeness (QED) is 0.867. The third-order valence-electron chi connectivity index (χ3n) is 5.94. The van der Waals surface area contributed by atoms with Crippen molar-refractivity contribution in [3.8, 4) is 5.75 Å². The second-order valence-corrected chi connectivity index (χ2v) is 7.46. The zero-order valence-corrected chi connectivity index (χ0v) is 15.8. The molecule has 4 rings (SSSR count). The number of likely N-dealkylation sites (tertiary alicyclic amines) is 1. The van der Waals surface area contributed by atoms with Crippen LogP contribution in [0.1, 0.15) is 32.1 Å². The maximum absolute atomic E-state index is 14.0. The fourth-order valence-electron chi connectivity index (χ4n) is 4.33. The van der Waals surface area contributed by atoms with Gasteiger partial charge in [-0.25, -0.2) is 14.4 Å². The number of anilines is 1. The van der Waals surface area contributed by atoms with Crippen LogP contribution >= 0.6 is 0 Å². The number of aromatic nitrogens is 2. The summed E-state index contributed by atoms with van der Waals surface area (Å²) in [6.07, 6.45) is 7.35. The van der Waals surface area contributed by atoms with E-state index in [1.54, 1.807) is 6.07 Å². The van der Waals surface area contributed by atoms with Crippen LogP contribution < -0.4 is 10.1 Å². The normalized spacial score (nSPS) is 20.5. The molecule has 0 spiro atoms. The molecule has 1 N–H and O–H groups in total. The van der Waals surface area contributed by atoms with Crippen LogP contribution in [0.15, 0.2) is 18.5 Å². The van der Waals surface area contributed by atoms with E-state index in [1.807, 2.05) is 0 Å². The number of methoxy groups -OCH3 is 1. The van der Waals surface area contributed by atoms with Gasteiger partial charge in [0.25, 0.3) is 0 Å². The van der Waals surface area contributed by atoms with Crippen molar-refractivity contribution in [2.75, 3.05) is 45.3 Å². The Morgan fingerprint density at radius 1 is 1.19 bits per heavy atom. The molecule has 3 heterocycles. The van der Waals surface area contributed by atoms with Gasteiger partial charge in [-0.1, -0.05) is 6.42 Å². The number of halogens is 1. The summed E-state index contributed by atoms with van der Waals surface area (Å²) in [6, 6.07) is 3.07. The molecular formula is C20H27FN4O2. The van der Waals surface area contributed by atoms with Gasteiger partial charge in [-0.05, 0) is 44.8 Å². The lowest BCUT2D eigenvalue weighted by molar-refractivity contribution is -0.0293. The highest BCUT2D eigenvalue weighted by Crippen LogP contribution is 2.32. The molecule has 2 aliphatic heterocycles. The number of benzene rings is 1. The van der Waals surface area contributed by atoms with E-state index in [2.05, 4.69) is 20.2 Å². The van der Waals surface area contributed by atoms with E-state index in [-0.39, 0.29) is 11.3 Å². The molecule has 0 bridgehead atoms. The molecule has 0 amide bonds. The van der Waals surface area contributed by atoms with Crippen molar-refractivity contribution < 1.29 is 13.9 Å². The second-order valence-electron chi connectivity index (χ2n) is 7.46. The van der Waals surface area contributed by atoms with Crippen molar-refractivity contribution in [3.63, 3.8) is 0 Å². The van der Waals surface area contributed by atoms with Crippen molar-refractivity contribution in [1.82, 2.24) is 14.9 Å². The lowest BCUT2D eigenvalue weighted by Gasteiger charge is -2.48. The number of nitrogens with one attached hydrogen (secondary N) is 1. The smallest absolute Gasteiger partial charge is 0.167 e. The van der Waals surface area contributed by atoms with Crippen LogP contribution in [0.4, 0.5) is 10.2 Å². The molecule has 2 saturated heterocycles. The summed E-state index contributed by atoms with van der Waals surface area (Å²) < 4.78 is 24.8. The highest BCUT2D eigenvalue weighted by atomic mass is 19.1. The van der Waals surface area contributed by atoms with Crippen LogP contribution in [0, 0.1) is 5.82 Å². The van der Waals surface area contributed by atoms with E-state index in [1.165, 1.54) is 38.8 Å². The van der Waals surface area contributed by atoms with Crippen LogP contribution in [0.25, 0.3) is 10.9 Å². The summed E-state index contributed by atoms with van der Waals surface area (Å²) >= 11 is 0. The molecule has 2 fully saturated rings. The van der Waals surface area contributed by atoms with Crippen LogP contribution in [0.5, 0.6) is 5.75 Å². The molecule has 2 aliphatic rings. The van der Waals surface area contributed by atoms with Gasteiger partial charge in [0.15, 0.2) is 11.6 Å². The number of piperidine rings is 1. The summed E-state index contributed by atoms with van der Waals surface area (Å²) in [6.45, 7) is 4.67. The monoisotopic (exact) mass is 374 g/mol. The molecule has 7 heteroatoms. The Bertz CT molecular complexity index is 789. The molecule has 2 aromatic rings. The molecule has 146 valence electrons. The van der Waals surface area contributed by atoms with Crippen LogP contribution in [0.2, 0.25) is 0 Å². The molecular weight excluding hydrogens is 347 g/mol. The zero-order valence-electron chi connectivity index (χ0n) is 15.8. The Balaban J connectivity index is 1.60. The molecule has 0 unspecified atom stereocenters. The molecule has 1 aromatic heterocycles. The number of rotatable bonds is 5. The maximum atomic E-state index is 14.0. The van der Waals surface area contributed by atoms with Gasteiger partial charge in [0, 0.05) is 36.8 Å². The fourth-order valence-corrected chi connectivity index (χ4v) is 4.33. The average molecular weight is 374 g/mol. The molecule has 6 nitrogen and oxygen atoms in total. The molecule has 0 atom stereocenters. The van der Waals surface area contributed by atoms with E-state index < -0.39 is 5.82 Å². The molecule has 0 radical (unpaired) electrons. The lowest BCUT2D eigenvalue weighted by Crippen LogP contribution is -2.57. The number of ether oxygens (including phenoxy) is 2. The van der Waals surface area contributed by atoms with Crippen molar-refractivity contribution in [2.24, 2.45) is 0 Å². The molecule has 27 heavy (non-hydrogen) atoms. The Hall–Kier alpha value is -1.99. The van der Waals surface area contributed by atoms with Gasteiger partial charge in [-0.2, -0.15) is 0 Å². The van der Waals surface area contributed by atoms with Gasteiger partial charge in [-0.3, -0.25) is 4.90 Å². The van der Waals surface area contributed by atoms with Crippen molar-refractivity contribution in [3.05, 3.63) is 24.3 Å². The SMILES string of the molecule is COc1cc2c(NCC3(N4CCCCC4)CCOCC3)ncnc2cc1F. The van der Waals surface area contributed by atoms with E-state index in [0.29, 0.717) is 5.52 Å². The first-order chi connectivity index (χ1) is 13.2. The van der Waals surface area contributed by atoms with E-state index in [0.717, 1.165) is 56.9 Å². The van der Waals surface area contributed by atoms with Gasteiger partial charge < -0.3 is 14.8 Å². The van der Waals surface area contributed by atoms with Crippen LogP contribution in [-0.2, 0) is 4.74 Å². The van der Waals surface area contributed by atoms with Crippen LogP contribution in [-0.4, -0.2) is 60.4 Å². The summed E-state index contributed by atoms with van der Waals surface area (Å²) in [5.74, 6) is 0.516. The minimum atomic E-state index is -0.413. The highest BCUT2D eigenvalue weighted by molar-refractivity contribution is 5.90. The summed E-state index contributed by atoms with van der Waals surface area (Å²) in [5, 5.41) is 4.31. The Morgan fingerprint density at radius 3 is 2.70 bits per heavy atom. The number of hydrogen-bond donors (Lipinski definition) is 1. The number of hydrogen-bond acceptors (Lipinski definition) is 6. The minimum absolute atomic E-state index is 0.0834. The van der Waals surface area contributed by atoms with Crippen molar-refractivity contribution in [1.29, 1.82) is 0 Å². The van der Waals surface area contributed by atoms with Crippen molar-refractivity contribution >= 4 is 16.7 Å². The van der Waals surface area contributed by atoms with Gasteiger partial charge in [0.2, 0.25) is 0 Å². The Labute approximate surface area is 159 Å². The third kappa shape index (κ3) is 3.71. The first-order valence-corrected chi connectivity index (χ1v) is 9.77. The second kappa shape index (κ2) is 7.94. The maximum Gasteiger partial charge on any atom is 0.167 e. The van der Waals surface area contributed by atoms with E-state index >= 15 is 0 Å². The molecule has 1 aromatic carbocycles. The summed E-state index contributed by atoms with van der Waals surface area (Å²) in [5.41, 5.74) is 0.657. The highest BCUT2D eigenvalue weighted by Gasteiger charge is 2.38. The van der Waals surface area contributed by atoms with E-state index in [4.69, 9.17) is 9.47 Å². The standard InChI is InChI=1S/C20H27FN4O2/c1-26-18-11-15-17(12-16(18)21)23-14-24-19(15)22-13-20(5-9-27-10-6-20)25-7-3-2-4-8-25/h11-12,14H,2-10,13H2,1H3,(H,22,23,24). The van der Waals surface area contributed by atoms with Crippen molar-refractivity contribution in [2.45, 2.75) is 37.6 Å². The third-order valence-corrected chi connectivity index (χ3v) is 5.94. The lowest BCUT2D eigenvalue weighted by atomic mass is 9.86. The predicted octanol–water partition coefficient (Wildman–Crippen LogP) is 3.22. The Kier molecular flexibility index (Phi) is 5.41. The Morgan fingerprint density at radius 2 is 1.96 bits per heavy atom. The fraction of sp³-hybridized carbons (Fsp3) is 0.600. The van der Waals surface area contributed by atoms with Crippen LogP contribution in [0.3, 0.4) is 0 Å². The largest absolute Gasteiger partial charge is 0.494 e. The van der Waals surface area contributed by atoms with Gasteiger partial charge in [0.05, 0.1) is 12.6 Å². The summed E-state index contributed by atoms with van der Waals surface area (Å²) in [4.78, 5) is 11.3. The molecule has 0 aliphatic carbocycles. The molecule has 0 saturated carbocycles. The van der Waals surface area contributed by atoms with Gasteiger partial charge in [-0.15, -0.1) is 0 Å².